The maximum atomic E-state index is 12.7. The highest BCUT2D eigenvalue weighted by atomic mass is 16.2. The van der Waals surface area contributed by atoms with E-state index in [1.807, 2.05) is 25.7 Å². The molecule has 1 N–H and O–H groups in total. The second-order valence-electron chi connectivity index (χ2n) is 8.79. The molecular formula is C20H36N2O2. The van der Waals surface area contributed by atoms with Crippen LogP contribution in [0, 0.1) is 17.3 Å². The number of unbranched alkanes of at least 4 members (excludes halogenated alkanes) is 1. The van der Waals surface area contributed by atoms with E-state index < -0.39 is 0 Å². The Morgan fingerprint density at radius 1 is 1.12 bits per heavy atom. The van der Waals surface area contributed by atoms with Crippen molar-refractivity contribution in [2.75, 3.05) is 13.1 Å². The average Bonchev–Trinajstić information content (AvgIpc) is 2.98. The largest absolute Gasteiger partial charge is 0.353 e. The minimum absolute atomic E-state index is 0.0301. The number of nitrogens with one attached hydrogen (secondary N) is 1. The summed E-state index contributed by atoms with van der Waals surface area (Å²) in [7, 11) is 0. The highest BCUT2D eigenvalue weighted by molar-refractivity contribution is 5.84. The zero-order chi connectivity index (χ0) is 17.7. The molecule has 0 bridgehead atoms. The van der Waals surface area contributed by atoms with E-state index in [0.717, 1.165) is 25.8 Å². The van der Waals surface area contributed by atoms with Crippen LogP contribution in [0.2, 0.25) is 0 Å². The fraction of sp³-hybridized carbons (Fsp3) is 0.900. The summed E-state index contributed by atoms with van der Waals surface area (Å²) in [5.74, 6) is 0.971. The van der Waals surface area contributed by atoms with Crippen molar-refractivity contribution in [3.05, 3.63) is 0 Å². The molecule has 3 atom stereocenters. The molecule has 1 aliphatic carbocycles. The van der Waals surface area contributed by atoms with Gasteiger partial charge in [0, 0.05) is 24.5 Å². The number of piperidine rings is 1. The Balaban J connectivity index is 1.88. The third-order valence-corrected chi connectivity index (χ3v) is 5.64. The molecule has 1 aliphatic heterocycles. The van der Waals surface area contributed by atoms with E-state index in [1.165, 1.54) is 32.1 Å². The molecular weight excluding hydrogens is 300 g/mol. The number of carbonyl (C=O) groups excluding carboxylic acids is 2. The normalized spacial score (nSPS) is 28.0. The fourth-order valence-corrected chi connectivity index (χ4v) is 4.19. The summed E-state index contributed by atoms with van der Waals surface area (Å²) in [6.45, 7) is 9.48. The number of hydrogen-bond donors (Lipinski definition) is 1. The quantitative estimate of drug-likeness (QED) is 0.831. The summed E-state index contributed by atoms with van der Waals surface area (Å²) in [5.41, 5.74) is -0.366. The monoisotopic (exact) mass is 336 g/mol. The molecule has 2 aliphatic rings. The molecule has 0 aromatic heterocycles. The smallest absolute Gasteiger partial charge is 0.227 e. The molecule has 4 heteroatoms. The summed E-state index contributed by atoms with van der Waals surface area (Å²) in [5, 5.41) is 3.33. The lowest BCUT2D eigenvalue weighted by atomic mass is 9.90. The molecule has 0 aromatic rings. The predicted octanol–water partition coefficient (Wildman–Crippen LogP) is 3.75. The summed E-state index contributed by atoms with van der Waals surface area (Å²) < 4.78 is 0. The second-order valence-corrected chi connectivity index (χ2v) is 8.79. The molecule has 24 heavy (non-hydrogen) atoms. The molecule has 2 fully saturated rings. The predicted molar refractivity (Wildman–Crippen MR) is 97.6 cm³/mol. The molecule has 3 unspecified atom stereocenters. The first kappa shape index (κ1) is 19.3. The van der Waals surface area contributed by atoms with Gasteiger partial charge in [0.05, 0.1) is 5.92 Å². The van der Waals surface area contributed by atoms with Crippen molar-refractivity contribution in [3.8, 4) is 0 Å². The zero-order valence-corrected chi connectivity index (χ0v) is 16.1. The van der Waals surface area contributed by atoms with Crippen LogP contribution in [-0.2, 0) is 9.59 Å². The topological polar surface area (TPSA) is 49.4 Å². The zero-order valence-electron chi connectivity index (χ0n) is 16.1. The van der Waals surface area contributed by atoms with Crippen LogP contribution in [-0.4, -0.2) is 35.8 Å². The van der Waals surface area contributed by atoms with Crippen LogP contribution in [0.5, 0.6) is 0 Å². The van der Waals surface area contributed by atoms with Gasteiger partial charge >= 0.3 is 0 Å². The number of amides is 2. The van der Waals surface area contributed by atoms with Gasteiger partial charge in [-0.1, -0.05) is 47.0 Å². The van der Waals surface area contributed by atoms with Crippen molar-refractivity contribution in [2.24, 2.45) is 17.3 Å². The molecule has 2 rings (SSSR count). The lowest BCUT2D eigenvalue weighted by Crippen LogP contribution is -2.50. The van der Waals surface area contributed by atoms with E-state index in [1.54, 1.807) is 0 Å². The first-order chi connectivity index (χ1) is 11.3. The van der Waals surface area contributed by atoms with Crippen molar-refractivity contribution in [3.63, 3.8) is 0 Å². The van der Waals surface area contributed by atoms with Gasteiger partial charge in [-0.3, -0.25) is 9.59 Å². The minimum Gasteiger partial charge on any atom is -0.353 e. The first-order valence-corrected chi connectivity index (χ1v) is 9.92. The number of nitrogens with zero attached hydrogens (tertiary/aromatic N) is 1. The van der Waals surface area contributed by atoms with E-state index in [0.29, 0.717) is 18.5 Å². The van der Waals surface area contributed by atoms with Crippen molar-refractivity contribution >= 4 is 11.8 Å². The van der Waals surface area contributed by atoms with Crippen molar-refractivity contribution in [1.29, 1.82) is 0 Å². The van der Waals surface area contributed by atoms with Gasteiger partial charge in [-0.2, -0.15) is 0 Å². The second kappa shape index (κ2) is 8.35. The van der Waals surface area contributed by atoms with Crippen molar-refractivity contribution in [2.45, 2.75) is 85.1 Å². The maximum absolute atomic E-state index is 12.7. The lowest BCUT2D eigenvalue weighted by molar-refractivity contribution is -0.143. The summed E-state index contributed by atoms with van der Waals surface area (Å²) in [6, 6.07) is 0.359. The minimum atomic E-state index is -0.366. The molecule has 2 amide bonds. The van der Waals surface area contributed by atoms with Gasteiger partial charge in [0.25, 0.3) is 0 Å². The number of hydrogen-bond acceptors (Lipinski definition) is 2. The van der Waals surface area contributed by atoms with Crippen LogP contribution >= 0.6 is 0 Å². The third-order valence-electron chi connectivity index (χ3n) is 5.64. The Hall–Kier alpha value is -1.06. The van der Waals surface area contributed by atoms with Crippen LogP contribution in [0.15, 0.2) is 0 Å². The fourth-order valence-electron chi connectivity index (χ4n) is 4.19. The molecule has 1 saturated carbocycles. The molecule has 0 aromatic carbocycles. The van der Waals surface area contributed by atoms with Gasteiger partial charge in [0.2, 0.25) is 11.8 Å². The van der Waals surface area contributed by atoms with Crippen molar-refractivity contribution < 1.29 is 9.59 Å². The number of likely N-dealkylation sites (tertiary alicyclic amines) is 1. The van der Waals surface area contributed by atoms with Crippen LogP contribution in [0.25, 0.3) is 0 Å². The van der Waals surface area contributed by atoms with E-state index in [4.69, 9.17) is 0 Å². The van der Waals surface area contributed by atoms with E-state index in [2.05, 4.69) is 12.2 Å². The standard InChI is InChI=1S/C20H36N2O2/c1-5-6-9-15-10-7-12-17(15)21-18(23)16-11-8-13-22(14-16)19(24)20(2,3)4/h15-17H,5-14H2,1-4H3,(H,21,23). The van der Waals surface area contributed by atoms with Crippen molar-refractivity contribution in [1.82, 2.24) is 10.2 Å². The van der Waals surface area contributed by atoms with Crippen LogP contribution in [0.1, 0.15) is 79.1 Å². The van der Waals surface area contributed by atoms with E-state index in [-0.39, 0.29) is 23.1 Å². The lowest BCUT2D eigenvalue weighted by Gasteiger charge is -2.36. The summed E-state index contributed by atoms with van der Waals surface area (Å²) in [4.78, 5) is 27.1. The first-order valence-electron chi connectivity index (χ1n) is 9.92. The van der Waals surface area contributed by atoms with Crippen LogP contribution in [0.3, 0.4) is 0 Å². The maximum Gasteiger partial charge on any atom is 0.227 e. The Labute approximate surface area is 147 Å². The van der Waals surface area contributed by atoms with Gasteiger partial charge in [0.15, 0.2) is 0 Å². The molecule has 0 spiro atoms. The Morgan fingerprint density at radius 3 is 2.54 bits per heavy atom. The highest BCUT2D eigenvalue weighted by Crippen LogP contribution is 2.31. The molecule has 1 saturated heterocycles. The average molecular weight is 337 g/mol. The van der Waals surface area contributed by atoms with E-state index in [9.17, 15) is 9.59 Å². The summed E-state index contributed by atoms with van der Waals surface area (Å²) >= 11 is 0. The SMILES string of the molecule is CCCCC1CCCC1NC(=O)C1CCCN(C(=O)C(C)(C)C)C1. The van der Waals surface area contributed by atoms with Gasteiger partial charge in [-0.25, -0.2) is 0 Å². The van der Waals surface area contributed by atoms with Gasteiger partial charge < -0.3 is 10.2 Å². The van der Waals surface area contributed by atoms with Gasteiger partial charge in [-0.05, 0) is 38.0 Å². The number of carbonyl (C=O) groups is 2. The van der Waals surface area contributed by atoms with Gasteiger partial charge in [0.1, 0.15) is 0 Å². The van der Waals surface area contributed by atoms with Crippen LogP contribution in [0.4, 0.5) is 0 Å². The number of rotatable bonds is 5. The third kappa shape index (κ3) is 4.97. The Bertz CT molecular complexity index is 441. The van der Waals surface area contributed by atoms with Gasteiger partial charge in [-0.15, -0.1) is 0 Å². The molecule has 4 nitrogen and oxygen atoms in total. The Kier molecular flexibility index (Phi) is 6.70. The highest BCUT2D eigenvalue weighted by Gasteiger charge is 2.35. The molecule has 0 radical (unpaired) electrons. The van der Waals surface area contributed by atoms with E-state index >= 15 is 0 Å². The summed E-state index contributed by atoms with van der Waals surface area (Å²) in [6.07, 6.45) is 9.18. The Morgan fingerprint density at radius 2 is 1.88 bits per heavy atom. The molecule has 138 valence electrons. The van der Waals surface area contributed by atoms with Crippen LogP contribution < -0.4 is 5.32 Å². The molecule has 1 heterocycles.